The molecule has 72 valence electrons. The number of likely N-dealkylation sites (N-methyl/N-ethyl adjacent to an activating group) is 2. The van der Waals surface area contributed by atoms with E-state index >= 15 is 0 Å². The van der Waals surface area contributed by atoms with Crippen molar-refractivity contribution in [2.24, 2.45) is 0 Å². The molecule has 1 saturated carbocycles. The lowest BCUT2D eigenvalue weighted by Crippen LogP contribution is -2.48. The van der Waals surface area contributed by atoms with Gasteiger partial charge in [0.1, 0.15) is 0 Å². The van der Waals surface area contributed by atoms with Gasteiger partial charge in [0.05, 0.1) is 0 Å². The van der Waals surface area contributed by atoms with Crippen molar-refractivity contribution < 1.29 is 0 Å². The van der Waals surface area contributed by atoms with Crippen LogP contribution in [0.3, 0.4) is 0 Å². The molecular formula is C10H22N2. The monoisotopic (exact) mass is 170 g/mol. The normalized spacial score (nSPS) is 31.5. The van der Waals surface area contributed by atoms with Gasteiger partial charge in [0.2, 0.25) is 0 Å². The Morgan fingerprint density at radius 3 is 1.33 bits per heavy atom. The molecule has 0 aromatic rings. The Labute approximate surface area is 76.5 Å². The molecule has 0 heterocycles. The summed E-state index contributed by atoms with van der Waals surface area (Å²) in [7, 11) is 8.80. The Kier molecular flexibility index (Phi) is 3.53. The molecule has 1 aliphatic carbocycles. The summed E-state index contributed by atoms with van der Waals surface area (Å²) < 4.78 is 0. The fourth-order valence-electron chi connectivity index (χ4n) is 2.30. The molecule has 0 spiro atoms. The Hall–Kier alpha value is -0.0800. The molecule has 2 heteroatoms. The summed E-state index contributed by atoms with van der Waals surface area (Å²) in [6.45, 7) is 0. The Morgan fingerprint density at radius 1 is 0.750 bits per heavy atom. The molecule has 2 atom stereocenters. The molecule has 0 aromatic heterocycles. The van der Waals surface area contributed by atoms with Crippen LogP contribution in [0.1, 0.15) is 25.7 Å². The van der Waals surface area contributed by atoms with E-state index in [0.717, 1.165) is 12.1 Å². The second-order valence-corrected chi connectivity index (χ2v) is 4.35. The first-order chi connectivity index (χ1) is 5.63. The van der Waals surface area contributed by atoms with Gasteiger partial charge in [-0.3, -0.25) is 0 Å². The molecule has 1 fully saturated rings. The van der Waals surface area contributed by atoms with Crippen molar-refractivity contribution in [2.75, 3.05) is 28.2 Å². The van der Waals surface area contributed by atoms with Crippen LogP contribution in [0.25, 0.3) is 0 Å². The van der Waals surface area contributed by atoms with E-state index in [0.29, 0.717) is 0 Å². The topological polar surface area (TPSA) is 6.48 Å². The minimum atomic E-state index is 0.772. The van der Waals surface area contributed by atoms with Crippen LogP contribution in [0.5, 0.6) is 0 Å². The van der Waals surface area contributed by atoms with Gasteiger partial charge in [-0.05, 0) is 41.0 Å². The third-order valence-electron chi connectivity index (χ3n) is 3.02. The van der Waals surface area contributed by atoms with Crippen molar-refractivity contribution in [2.45, 2.75) is 37.8 Å². The van der Waals surface area contributed by atoms with E-state index in [9.17, 15) is 0 Å². The average Bonchev–Trinajstić information content (AvgIpc) is 2.04. The number of nitrogens with zero attached hydrogens (tertiary/aromatic N) is 2. The second-order valence-electron chi connectivity index (χ2n) is 4.35. The van der Waals surface area contributed by atoms with E-state index in [1.165, 1.54) is 25.7 Å². The van der Waals surface area contributed by atoms with Gasteiger partial charge >= 0.3 is 0 Å². The maximum Gasteiger partial charge on any atom is 0.0245 e. The van der Waals surface area contributed by atoms with Crippen molar-refractivity contribution in [1.29, 1.82) is 0 Å². The highest BCUT2D eigenvalue weighted by atomic mass is 15.2. The summed E-state index contributed by atoms with van der Waals surface area (Å²) in [6, 6.07) is 1.54. The molecule has 0 N–H and O–H groups in total. The maximum atomic E-state index is 2.38. The molecule has 0 unspecified atom stereocenters. The van der Waals surface area contributed by atoms with Gasteiger partial charge in [-0.25, -0.2) is 0 Å². The highest BCUT2D eigenvalue weighted by Gasteiger charge is 2.27. The van der Waals surface area contributed by atoms with Crippen LogP contribution in [0.2, 0.25) is 0 Å². The van der Waals surface area contributed by atoms with Gasteiger partial charge in [0, 0.05) is 12.1 Å². The first kappa shape index (κ1) is 10.0. The smallest absolute Gasteiger partial charge is 0.0245 e. The van der Waals surface area contributed by atoms with Crippen LogP contribution < -0.4 is 0 Å². The van der Waals surface area contributed by atoms with Gasteiger partial charge in [0.25, 0.3) is 0 Å². The zero-order valence-corrected chi connectivity index (χ0v) is 8.88. The van der Waals surface area contributed by atoms with Crippen LogP contribution in [-0.2, 0) is 0 Å². The summed E-state index contributed by atoms with van der Waals surface area (Å²) in [5.74, 6) is 0. The predicted molar refractivity (Wildman–Crippen MR) is 53.4 cm³/mol. The molecule has 1 aliphatic rings. The Balaban J connectivity index is 2.54. The van der Waals surface area contributed by atoms with Gasteiger partial charge < -0.3 is 9.80 Å². The summed E-state index contributed by atoms with van der Waals surface area (Å²) in [6.07, 6.45) is 5.56. The minimum absolute atomic E-state index is 0.772. The minimum Gasteiger partial charge on any atom is -0.305 e. The largest absolute Gasteiger partial charge is 0.305 e. The van der Waals surface area contributed by atoms with Crippen molar-refractivity contribution in [1.82, 2.24) is 9.80 Å². The molecule has 0 bridgehead atoms. The number of hydrogen-bond acceptors (Lipinski definition) is 2. The third-order valence-corrected chi connectivity index (χ3v) is 3.02. The molecule has 0 aliphatic heterocycles. The summed E-state index contributed by atoms with van der Waals surface area (Å²) in [4.78, 5) is 4.76. The van der Waals surface area contributed by atoms with Crippen molar-refractivity contribution in [3.05, 3.63) is 0 Å². The van der Waals surface area contributed by atoms with Gasteiger partial charge in [-0.2, -0.15) is 0 Å². The molecular weight excluding hydrogens is 148 g/mol. The molecule has 2 nitrogen and oxygen atoms in total. The van der Waals surface area contributed by atoms with Crippen LogP contribution in [0.15, 0.2) is 0 Å². The lowest BCUT2D eigenvalue weighted by Gasteiger charge is -2.39. The third kappa shape index (κ3) is 2.20. The quantitative estimate of drug-likeness (QED) is 0.618. The molecule has 0 aromatic carbocycles. The van der Waals surface area contributed by atoms with E-state index in [1.54, 1.807) is 0 Å². The Bertz CT molecular complexity index is 116. The van der Waals surface area contributed by atoms with Crippen molar-refractivity contribution >= 4 is 0 Å². The first-order valence-electron chi connectivity index (χ1n) is 4.96. The van der Waals surface area contributed by atoms with E-state index < -0.39 is 0 Å². The number of rotatable bonds is 2. The van der Waals surface area contributed by atoms with Crippen molar-refractivity contribution in [3.8, 4) is 0 Å². The predicted octanol–water partition coefficient (Wildman–Crippen LogP) is 1.42. The fraction of sp³-hybridized carbons (Fsp3) is 1.00. The highest BCUT2D eigenvalue weighted by molar-refractivity contribution is 4.85. The van der Waals surface area contributed by atoms with E-state index in [1.807, 2.05) is 0 Å². The standard InChI is InChI=1S/C10H22N2/c1-11(2)9-7-5-6-8-10(9)12(3)4/h9-10H,5-8H2,1-4H3/t9-,10-/m1/s1. The summed E-state index contributed by atoms with van der Waals surface area (Å²) >= 11 is 0. The van der Waals surface area contributed by atoms with Crippen LogP contribution in [-0.4, -0.2) is 50.1 Å². The SMILES string of the molecule is CN(C)[C@@H]1CCCC[C@H]1N(C)C. The van der Waals surface area contributed by atoms with Gasteiger partial charge in [0.15, 0.2) is 0 Å². The number of hydrogen-bond donors (Lipinski definition) is 0. The summed E-state index contributed by atoms with van der Waals surface area (Å²) in [5, 5.41) is 0. The van der Waals surface area contributed by atoms with E-state index in [2.05, 4.69) is 38.0 Å². The Morgan fingerprint density at radius 2 is 1.08 bits per heavy atom. The van der Waals surface area contributed by atoms with Crippen LogP contribution >= 0.6 is 0 Å². The molecule has 12 heavy (non-hydrogen) atoms. The van der Waals surface area contributed by atoms with E-state index in [4.69, 9.17) is 0 Å². The molecule has 0 radical (unpaired) electrons. The molecule has 0 saturated heterocycles. The van der Waals surface area contributed by atoms with Crippen molar-refractivity contribution in [3.63, 3.8) is 0 Å². The summed E-state index contributed by atoms with van der Waals surface area (Å²) in [5.41, 5.74) is 0. The lowest BCUT2D eigenvalue weighted by molar-refractivity contribution is 0.110. The first-order valence-corrected chi connectivity index (χ1v) is 4.96. The van der Waals surface area contributed by atoms with Crippen LogP contribution in [0, 0.1) is 0 Å². The lowest BCUT2D eigenvalue weighted by atomic mass is 9.89. The molecule has 1 rings (SSSR count). The van der Waals surface area contributed by atoms with Gasteiger partial charge in [-0.15, -0.1) is 0 Å². The zero-order valence-electron chi connectivity index (χ0n) is 8.88. The molecule has 0 amide bonds. The second kappa shape index (κ2) is 4.24. The van der Waals surface area contributed by atoms with E-state index in [-0.39, 0.29) is 0 Å². The fourth-order valence-corrected chi connectivity index (χ4v) is 2.30. The maximum absolute atomic E-state index is 2.38. The average molecular weight is 170 g/mol. The zero-order chi connectivity index (χ0) is 9.14. The van der Waals surface area contributed by atoms with Gasteiger partial charge in [-0.1, -0.05) is 12.8 Å². The highest BCUT2D eigenvalue weighted by Crippen LogP contribution is 2.24. The van der Waals surface area contributed by atoms with Crippen LogP contribution in [0.4, 0.5) is 0 Å².